The van der Waals surface area contributed by atoms with Gasteiger partial charge in [0.25, 0.3) is 5.91 Å². The lowest BCUT2D eigenvalue weighted by Gasteiger charge is -2.28. The van der Waals surface area contributed by atoms with Gasteiger partial charge in [0.2, 0.25) is 5.95 Å². The van der Waals surface area contributed by atoms with Crippen LogP contribution in [-0.4, -0.2) is 33.2 Å². The summed E-state index contributed by atoms with van der Waals surface area (Å²) in [5.74, 6) is 1.13. The molecule has 0 spiro atoms. The van der Waals surface area contributed by atoms with E-state index in [4.69, 9.17) is 21.1 Å². The Labute approximate surface area is 226 Å². The Hall–Kier alpha value is -3.89. The Kier molecular flexibility index (Phi) is 7.11. The fourth-order valence-electron chi connectivity index (χ4n) is 4.14. The van der Waals surface area contributed by atoms with E-state index in [2.05, 4.69) is 42.1 Å². The molecule has 0 fully saturated rings. The van der Waals surface area contributed by atoms with Gasteiger partial charge in [0.15, 0.2) is 11.5 Å². The van der Waals surface area contributed by atoms with Gasteiger partial charge < -0.3 is 20.1 Å². The quantitative estimate of drug-likeness (QED) is 0.293. The van der Waals surface area contributed by atoms with E-state index in [0.29, 0.717) is 43.9 Å². The number of aromatic nitrogens is 4. The van der Waals surface area contributed by atoms with Gasteiger partial charge >= 0.3 is 0 Å². The molecular formula is C26H22BrClN6O3. The van der Waals surface area contributed by atoms with Crippen LogP contribution < -0.4 is 20.1 Å². The summed E-state index contributed by atoms with van der Waals surface area (Å²) in [5.41, 5.74) is 3.34. The van der Waals surface area contributed by atoms with E-state index in [1.165, 1.54) is 0 Å². The second-order valence-electron chi connectivity index (χ2n) is 8.25. The lowest BCUT2D eigenvalue weighted by Crippen LogP contribution is -2.31. The largest absolute Gasteiger partial charge is 0.493 e. The van der Waals surface area contributed by atoms with Crippen LogP contribution in [0.2, 0.25) is 5.02 Å². The number of ether oxygens (including phenoxy) is 2. The van der Waals surface area contributed by atoms with E-state index in [1.54, 1.807) is 11.8 Å². The predicted octanol–water partition coefficient (Wildman–Crippen LogP) is 5.60. The highest BCUT2D eigenvalue weighted by Crippen LogP contribution is 2.43. The average molecular weight is 582 g/mol. The second-order valence-corrected chi connectivity index (χ2v) is 9.51. The molecule has 0 saturated carbocycles. The average Bonchev–Trinajstić information content (AvgIpc) is 3.36. The first-order valence-corrected chi connectivity index (χ1v) is 12.5. The number of nitrogens with zero attached hydrogens (tertiary/aromatic N) is 4. The Morgan fingerprint density at radius 2 is 1.92 bits per heavy atom. The van der Waals surface area contributed by atoms with Crippen LogP contribution in [0.3, 0.4) is 0 Å². The van der Waals surface area contributed by atoms with Crippen LogP contribution in [-0.2, 0) is 11.4 Å². The van der Waals surface area contributed by atoms with Gasteiger partial charge in [-0.15, -0.1) is 0 Å². The highest BCUT2D eigenvalue weighted by atomic mass is 79.9. The topological polar surface area (TPSA) is 103 Å². The third-order valence-electron chi connectivity index (χ3n) is 5.89. The van der Waals surface area contributed by atoms with Crippen LogP contribution in [0.4, 0.5) is 11.6 Å². The number of carbonyl (C=O) groups excluding carboxylic acids is 1. The summed E-state index contributed by atoms with van der Waals surface area (Å²) in [6.07, 6.45) is 0. The maximum absolute atomic E-state index is 13.5. The van der Waals surface area contributed by atoms with Gasteiger partial charge in [0, 0.05) is 22.0 Å². The fraction of sp³-hybridized carbons (Fsp3) is 0.154. The summed E-state index contributed by atoms with van der Waals surface area (Å²) in [5, 5.41) is 18.7. The number of rotatable bonds is 7. The second kappa shape index (κ2) is 10.6. The minimum atomic E-state index is -0.627. The lowest BCUT2D eigenvalue weighted by atomic mass is 9.94. The van der Waals surface area contributed by atoms with Crippen LogP contribution in [0.15, 0.2) is 82.5 Å². The zero-order chi connectivity index (χ0) is 25.9. The number of allylic oxidation sites excluding steroid dienone is 1. The molecule has 0 bridgehead atoms. The van der Waals surface area contributed by atoms with Crippen LogP contribution in [0.25, 0.3) is 0 Å². The monoisotopic (exact) mass is 580 g/mol. The van der Waals surface area contributed by atoms with Crippen molar-refractivity contribution < 1.29 is 14.3 Å². The zero-order valence-electron chi connectivity index (χ0n) is 19.9. The molecule has 2 heterocycles. The number of hydrogen-bond acceptors (Lipinski definition) is 7. The minimum absolute atomic E-state index is 0.252. The standard InChI is InChI=1S/C26H22BrClN6O3/c1-15-22(25(35)30-18-9-4-3-5-10-18)23(34-26(29-15)31-32-33-34)17-12-19(27)24(21(13-17)36-2)37-14-16-8-6-7-11-20(16)28/h3-13,23H,14H2,1-2H3,(H,30,35)(H,29,31,33). The first kappa shape index (κ1) is 24.8. The number of anilines is 2. The smallest absolute Gasteiger partial charge is 0.255 e. The summed E-state index contributed by atoms with van der Waals surface area (Å²) >= 11 is 9.91. The van der Waals surface area contributed by atoms with Gasteiger partial charge in [0.1, 0.15) is 12.6 Å². The Bertz CT molecular complexity index is 1490. The fourth-order valence-corrected chi connectivity index (χ4v) is 4.90. The normalized spacial score (nSPS) is 14.5. The third-order valence-corrected chi connectivity index (χ3v) is 6.85. The Morgan fingerprint density at radius 1 is 1.16 bits per heavy atom. The molecular weight excluding hydrogens is 560 g/mol. The Morgan fingerprint density at radius 3 is 2.68 bits per heavy atom. The molecule has 1 unspecified atom stereocenters. The summed E-state index contributed by atoms with van der Waals surface area (Å²) in [6.45, 7) is 2.07. The van der Waals surface area contributed by atoms with Crippen molar-refractivity contribution in [2.75, 3.05) is 17.7 Å². The van der Waals surface area contributed by atoms with Crippen LogP contribution in [0, 0.1) is 0 Å². The molecule has 1 aromatic heterocycles. The molecule has 2 N–H and O–H groups in total. The summed E-state index contributed by atoms with van der Waals surface area (Å²) < 4.78 is 14.0. The molecule has 0 aliphatic carbocycles. The van der Waals surface area contributed by atoms with Crippen molar-refractivity contribution in [3.63, 3.8) is 0 Å². The van der Waals surface area contributed by atoms with Crippen molar-refractivity contribution in [3.8, 4) is 11.5 Å². The predicted molar refractivity (Wildman–Crippen MR) is 144 cm³/mol. The van der Waals surface area contributed by atoms with Crippen LogP contribution in [0.5, 0.6) is 11.5 Å². The van der Waals surface area contributed by atoms with Crippen molar-refractivity contribution in [2.45, 2.75) is 19.6 Å². The number of hydrogen-bond donors (Lipinski definition) is 2. The number of tetrazole rings is 1. The maximum atomic E-state index is 13.5. The molecule has 0 radical (unpaired) electrons. The third kappa shape index (κ3) is 5.03. The number of halogens is 2. The molecule has 1 aliphatic rings. The van der Waals surface area contributed by atoms with E-state index in [9.17, 15) is 4.79 Å². The molecule has 1 atom stereocenters. The van der Waals surface area contributed by atoms with Gasteiger partial charge in [-0.2, -0.15) is 4.68 Å². The molecule has 9 nitrogen and oxygen atoms in total. The molecule has 5 rings (SSSR count). The van der Waals surface area contributed by atoms with Crippen molar-refractivity contribution >= 4 is 45.1 Å². The lowest BCUT2D eigenvalue weighted by molar-refractivity contribution is -0.113. The number of carbonyl (C=O) groups is 1. The number of amides is 1. The van der Waals surface area contributed by atoms with Crippen molar-refractivity contribution in [1.29, 1.82) is 0 Å². The van der Waals surface area contributed by atoms with E-state index >= 15 is 0 Å². The molecule has 188 valence electrons. The molecule has 1 amide bonds. The number of methoxy groups -OCH3 is 1. The number of nitrogens with one attached hydrogen (secondary N) is 2. The van der Waals surface area contributed by atoms with Crippen molar-refractivity contribution in [1.82, 2.24) is 20.2 Å². The number of para-hydroxylation sites is 1. The Balaban J connectivity index is 1.52. The maximum Gasteiger partial charge on any atom is 0.255 e. The molecule has 11 heteroatoms. The van der Waals surface area contributed by atoms with Gasteiger partial charge in [-0.05, 0) is 69.2 Å². The minimum Gasteiger partial charge on any atom is -0.493 e. The molecule has 4 aromatic rings. The van der Waals surface area contributed by atoms with E-state index in [0.717, 1.165) is 11.1 Å². The number of fused-ring (bicyclic) bond motifs is 1. The van der Waals surface area contributed by atoms with Crippen LogP contribution in [0.1, 0.15) is 24.1 Å². The van der Waals surface area contributed by atoms with Crippen LogP contribution >= 0.6 is 27.5 Å². The van der Waals surface area contributed by atoms with Gasteiger partial charge in [-0.1, -0.05) is 53.1 Å². The zero-order valence-corrected chi connectivity index (χ0v) is 22.2. The van der Waals surface area contributed by atoms with Crippen molar-refractivity contribution in [3.05, 3.63) is 98.6 Å². The van der Waals surface area contributed by atoms with Gasteiger partial charge in [-0.25, -0.2) is 0 Å². The summed E-state index contributed by atoms with van der Waals surface area (Å²) in [4.78, 5) is 13.5. The molecule has 3 aromatic carbocycles. The van der Waals surface area contributed by atoms with E-state index < -0.39 is 6.04 Å². The molecule has 0 saturated heterocycles. The van der Waals surface area contributed by atoms with Crippen molar-refractivity contribution in [2.24, 2.45) is 0 Å². The van der Waals surface area contributed by atoms with Gasteiger partial charge in [-0.3, -0.25) is 4.79 Å². The first-order valence-electron chi connectivity index (χ1n) is 11.3. The molecule has 37 heavy (non-hydrogen) atoms. The van der Waals surface area contributed by atoms with E-state index in [-0.39, 0.29) is 12.5 Å². The summed E-state index contributed by atoms with van der Waals surface area (Å²) in [6, 6.07) is 19.8. The van der Waals surface area contributed by atoms with E-state index in [1.807, 2.05) is 73.7 Å². The molecule has 1 aliphatic heterocycles. The number of benzene rings is 3. The SMILES string of the molecule is COc1cc(C2C(C(=O)Nc3ccccc3)=C(C)Nc3nnnn32)cc(Br)c1OCc1ccccc1Cl. The van der Waals surface area contributed by atoms with Gasteiger partial charge in [0.05, 0.1) is 17.2 Å². The summed E-state index contributed by atoms with van der Waals surface area (Å²) in [7, 11) is 1.56. The first-order chi connectivity index (χ1) is 18.0. The highest BCUT2D eigenvalue weighted by molar-refractivity contribution is 9.10. The highest BCUT2D eigenvalue weighted by Gasteiger charge is 2.35.